The Labute approximate surface area is 110 Å². The summed E-state index contributed by atoms with van der Waals surface area (Å²) < 4.78 is 5.68. The van der Waals surface area contributed by atoms with Gasteiger partial charge in [-0.15, -0.1) is 0 Å². The van der Waals surface area contributed by atoms with Crippen LogP contribution in [0.3, 0.4) is 0 Å². The monoisotopic (exact) mass is 253 g/mol. The lowest BCUT2D eigenvalue weighted by molar-refractivity contribution is -0.117. The Balaban J connectivity index is 1.90. The lowest BCUT2D eigenvalue weighted by atomic mass is 9.99. The van der Waals surface area contributed by atoms with Gasteiger partial charge in [-0.3, -0.25) is 9.59 Å². The average Bonchev–Trinajstić information content (AvgIpc) is 2.44. The largest absolute Gasteiger partial charge is 0.457 e. The Morgan fingerprint density at radius 1 is 0.947 bits per heavy atom. The molecule has 0 bridgehead atoms. The molecule has 0 saturated heterocycles. The van der Waals surface area contributed by atoms with E-state index in [4.69, 9.17) is 4.74 Å². The van der Waals surface area contributed by atoms with Gasteiger partial charge < -0.3 is 10.1 Å². The molecule has 1 heterocycles. The van der Waals surface area contributed by atoms with Gasteiger partial charge in [-0.05, 0) is 35.9 Å². The molecular formula is C15H11NO3. The fraction of sp³-hybridized carbons (Fsp3) is 0.0667. The van der Waals surface area contributed by atoms with E-state index in [9.17, 15) is 9.59 Å². The molecule has 1 aliphatic heterocycles. The second-order valence-electron chi connectivity index (χ2n) is 4.25. The van der Waals surface area contributed by atoms with E-state index in [1.807, 2.05) is 30.3 Å². The van der Waals surface area contributed by atoms with Gasteiger partial charge in [0.1, 0.15) is 11.5 Å². The fourth-order valence-corrected chi connectivity index (χ4v) is 2.00. The van der Waals surface area contributed by atoms with Crippen LogP contribution < -0.4 is 10.1 Å². The summed E-state index contributed by atoms with van der Waals surface area (Å²) in [6, 6.07) is 14.5. The van der Waals surface area contributed by atoms with Crippen molar-refractivity contribution in [3.8, 4) is 11.5 Å². The number of carbonyl (C=O) groups excluding carboxylic acids is 2. The molecule has 0 radical (unpaired) electrons. The Bertz CT molecular complexity index is 650. The van der Waals surface area contributed by atoms with E-state index in [2.05, 4.69) is 5.32 Å². The molecule has 0 unspecified atom stereocenters. The van der Waals surface area contributed by atoms with Crippen molar-refractivity contribution in [1.29, 1.82) is 0 Å². The molecule has 2 aromatic rings. The van der Waals surface area contributed by atoms with Crippen molar-refractivity contribution in [2.24, 2.45) is 0 Å². The molecule has 0 spiro atoms. The zero-order valence-corrected chi connectivity index (χ0v) is 10.1. The molecular weight excluding hydrogens is 242 g/mol. The fourth-order valence-electron chi connectivity index (χ4n) is 2.00. The molecule has 1 N–H and O–H groups in total. The molecule has 1 amide bonds. The van der Waals surface area contributed by atoms with Crippen molar-refractivity contribution in [2.75, 3.05) is 0 Å². The number of amides is 1. The molecule has 94 valence electrons. The molecule has 0 aromatic heterocycles. The second-order valence-corrected chi connectivity index (χ2v) is 4.25. The quantitative estimate of drug-likeness (QED) is 0.835. The summed E-state index contributed by atoms with van der Waals surface area (Å²) in [7, 11) is 0. The van der Waals surface area contributed by atoms with E-state index in [0.29, 0.717) is 17.9 Å². The molecule has 0 aliphatic carbocycles. The predicted octanol–water partition coefficient (Wildman–Crippen LogP) is 2.29. The van der Waals surface area contributed by atoms with Gasteiger partial charge in [0.05, 0.1) is 0 Å². The summed E-state index contributed by atoms with van der Waals surface area (Å²) in [5, 5.41) is 2.54. The van der Waals surface area contributed by atoms with Gasteiger partial charge in [-0.1, -0.05) is 18.2 Å². The van der Waals surface area contributed by atoms with Crippen LogP contribution in [0.1, 0.15) is 15.9 Å². The van der Waals surface area contributed by atoms with Crippen LogP contribution in [0.15, 0.2) is 48.5 Å². The molecule has 4 heteroatoms. The number of Topliss-reactive ketones (excluding diaryl/α,β-unsaturated/α-hetero) is 1. The topological polar surface area (TPSA) is 55.4 Å². The van der Waals surface area contributed by atoms with Gasteiger partial charge in [0.25, 0.3) is 11.7 Å². The Morgan fingerprint density at radius 3 is 2.53 bits per heavy atom. The van der Waals surface area contributed by atoms with Crippen LogP contribution in [0.25, 0.3) is 0 Å². The lowest BCUT2D eigenvalue weighted by Crippen LogP contribution is -2.36. The van der Waals surface area contributed by atoms with Gasteiger partial charge in [0.2, 0.25) is 0 Å². The van der Waals surface area contributed by atoms with E-state index in [-0.39, 0.29) is 0 Å². The number of para-hydroxylation sites is 1. The summed E-state index contributed by atoms with van der Waals surface area (Å²) in [5.74, 6) is 0.333. The van der Waals surface area contributed by atoms with Crippen LogP contribution in [0.4, 0.5) is 0 Å². The van der Waals surface area contributed by atoms with E-state index in [0.717, 1.165) is 11.3 Å². The Hall–Kier alpha value is -2.62. The molecule has 0 atom stereocenters. The predicted molar refractivity (Wildman–Crippen MR) is 69.1 cm³/mol. The van der Waals surface area contributed by atoms with Crippen LogP contribution in [-0.4, -0.2) is 11.7 Å². The molecule has 0 fully saturated rings. The maximum atomic E-state index is 11.6. The number of nitrogens with one attached hydrogen (secondary N) is 1. The first-order valence-electron chi connectivity index (χ1n) is 5.92. The number of ketones is 1. The minimum Gasteiger partial charge on any atom is -0.457 e. The zero-order valence-electron chi connectivity index (χ0n) is 10.1. The zero-order chi connectivity index (χ0) is 13.2. The van der Waals surface area contributed by atoms with Crippen LogP contribution in [-0.2, 0) is 11.3 Å². The van der Waals surface area contributed by atoms with Crippen LogP contribution in [0, 0.1) is 0 Å². The van der Waals surface area contributed by atoms with Crippen LogP contribution in [0.2, 0.25) is 0 Å². The number of hydrogen-bond acceptors (Lipinski definition) is 3. The number of carbonyl (C=O) groups is 2. The third-order valence-corrected chi connectivity index (χ3v) is 2.95. The minimum atomic E-state index is -0.552. The molecule has 0 saturated carbocycles. The van der Waals surface area contributed by atoms with Crippen molar-refractivity contribution >= 4 is 11.7 Å². The highest BCUT2D eigenvalue weighted by molar-refractivity contribution is 6.43. The number of fused-ring (bicyclic) bond motifs is 1. The van der Waals surface area contributed by atoms with Crippen molar-refractivity contribution in [3.05, 3.63) is 59.7 Å². The Kier molecular flexibility index (Phi) is 2.76. The normalized spacial score (nSPS) is 13.7. The van der Waals surface area contributed by atoms with Gasteiger partial charge in [0.15, 0.2) is 0 Å². The molecule has 19 heavy (non-hydrogen) atoms. The first-order chi connectivity index (χ1) is 9.24. The first-order valence-corrected chi connectivity index (χ1v) is 5.92. The number of benzene rings is 2. The van der Waals surface area contributed by atoms with Crippen LogP contribution >= 0.6 is 0 Å². The minimum absolute atomic E-state index is 0.353. The van der Waals surface area contributed by atoms with Crippen molar-refractivity contribution in [3.63, 3.8) is 0 Å². The summed E-state index contributed by atoms with van der Waals surface area (Å²) in [6.45, 7) is 0.353. The molecule has 1 aliphatic rings. The lowest BCUT2D eigenvalue weighted by Gasteiger charge is -2.16. The first kappa shape index (κ1) is 11.5. The van der Waals surface area contributed by atoms with Gasteiger partial charge in [-0.2, -0.15) is 0 Å². The number of hydrogen-bond donors (Lipinski definition) is 1. The second kappa shape index (κ2) is 4.57. The summed E-state index contributed by atoms with van der Waals surface area (Å²) in [5.41, 5.74) is 1.22. The highest BCUT2D eigenvalue weighted by Crippen LogP contribution is 2.25. The van der Waals surface area contributed by atoms with Crippen LogP contribution in [0.5, 0.6) is 11.5 Å². The van der Waals surface area contributed by atoms with Crippen molar-refractivity contribution in [1.82, 2.24) is 5.32 Å². The molecule has 4 nitrogen and oxygen atoms in total. The summed E-state index contributed by atoms with van der Waals surface area (Å²) in [4.78, 5) is 22.9. The van der Waals surface area contributed by atoms with Crippen molar-refractivity contribution < 1.29 is 14.3 Å². The number of rotatable bonds is 2. The average molecular weight is 253 g/mol. The van der Waals surface area contributed by atoms with E-state index in [1.165, 1.54) is 0 Å². The van der Waals surface area contributed by atoms with Gasteiger partial charge in [-0.25, -0.2) is 0 Å². The maximum Gasteiger partial charge on any atom is 0.292 e. The standard InChI is InChI=1S/C15H11NO3/c17-14-13-7-6-12(8-10(13)9-16-15(14)18)19-11-4-2-1-3-5-11/h1-8H,9H2,(H,16,18). The SMILES string of the molecule is O=C1NCc2cc(Oc3ccccc3)ccc2C1=O. The third kappa shape index (κ3) is 2.20. The number of ether oxygens (including phenoxy) is 1. The van der Waals surface area contributed by atoms with E-state index >= 15 is 0 Å². The third-order valence-electron chi connectivity index (χ3n) is 2.95. The Morgan fingerprint density at radius 2 is 1.74 bits per heavy atom. The van der Waals surface area contributed by atoms with Crippen molar-refractivity contribution in [2.45, 2.75) is 6.54 Å². The molecule has 3 rings (SSSR count). The smallest absolute Gasteiger partial charge is 0.292 e. The maximum absolute atomic E-state index is 11.6. The van der Waals surface area contributed by atoms with E-state index < -0.39 is 11.7 Å². The summed E-state index contributed by atoms with van der Waals surface area (Å²) in [6.07, 6.45) is 0. The van der Waals surface area contributed by atoms with Gasteiger partial charge >= 0.3 is 0 Å². The van der Waals surface area contributed by atoms with Gasteiger partial charge in [0, 0.05) is 12.1 Å². The summed E-state index contributed by atoms with van der Waals surface area (Å²) >= 11 is 0. The highest BCUT2D eigenvalue weighted by atomic mass is 16.5. The highest BCUT2D eigenvalue weighted by Gasteiger charge is 2.24. The molecule has 2 aromatic carbocycles. The van der Waals surface area contributed by atoms with E-state index in [1.54, 1.807) is 18.2 Å².